The Morgan fingerprint density at radius 3 is 2.12 bits per heavy atom. The van der Waals surface area contributed by atoms with E-state index in [1.54, 1.807) is 14.1 Å². The van der Waals surface area contributed by atoms with Gasteiger partial charge in [-0.3, -0.25) is 19.3 Å². The molecule has 1 aromatic rings. The van der Waals surface area contributed by atoms with Crippen molar-refractivity contribution in [2.24, 2.45) is 17.8 Å². The number of aliphatic hydroxyl groups excluding tert-OH is 2. The fourth-order valence-corrected chi connectivity index (χ4v) is 6.10. The van der Waals surface area contributed by atoms with E-state index >= 15 is 0 Å². The Labute approximate surface area is 284 Å². The first-order chi connectivity index (χ1) is 23.0. The largest absolute Gasteiger partial charge is 0.390 e. The molecule has 1 aromatic carbocycles. The highest BCUT2D eigenvalue weighted by atomic mass is 19.3. The molecular formula is C36H55F3N4O5. The van der Waals surface area contributed by atoms with Crippen LogP contribution in [0.15, 0.2) is 30.3 Å². The molecule has 3 rings (SSSR count). The Hall–Kier alpha value is -3.14. The second-order valence-electron chi connectivity index (χ2n) is 13.3. The van der Waals surface area contributed by atoms with Crippen LogP contribution < -0.4 is 10.6 Å². The monoisotopic (exact) mass is 680 g/mol. The van der Waals surface area contributed by atoms with Crippen molar-refractivity contribution in [1.29, 1.82) is 0 Å². The van der Waals surface area contributed by atoms with Crippen molar-refractivity contribution < 1.29 is 37.8 Å². The molecule has 3 amide bonds. The van der Waals surface area contributed by atoms with Crippen LogP contribution >= 0.6 is 0 Å². The predicted octanol–water partition coefficient (Wildman–Crippen LogP) is 3.92. The van der Waals surface area contributed by atoms with Gasteiger partial charge in [-0.15, -0.1) is 12.3 Å². The molecule has 0 aromatic heterocycles. The van der Waals surface area contributed by atoms with E-state index in [2.05, 4.69) is 16.6 Å². The molecule has 0 spiro atoms. The van der Waals surface area contributed by atoms with Crippen LogP contribution in [0.25, 0.3) is 0 Å². The molecule has 12 heteroatoms. The topological polar surface area (TPSA) is 122 Å². The summed E-state index contributed by atoms with van der Waals surface area (Å²) in [5.41, 5.74) is 0.864. The summed E-state index contributed by atoms with van der Waals surface area (Å²) in [5.74, 6) is 1.17. The lowest BCUT2D eigenvalue weighted by molar-refractivity contribution is -0.137. The van der Waals surface area contributed by atoms with Crippen molar-refractivity contribution in [2.75, 3.05) is 40.9 Å². The fourth-order valence-electron chi connectivity index (χ4n) is 6.10. The van der Waals surface area contributed by atoms with Crippen molar-refractivity contribution >= 4 is 17.7 Å². The maximum Gasteiger partial charge on any atom is 0.243 e. The van der Waals surface area contributed by atoms with Crippen molar-refractivity contribution in [3.8, 4) is 12.3 Å². The van der Waals surface area contributed by atoms with Crippen molar-refractivity contribution in [3.63, 3.8) is 0 Å². The molecule has 2 aliphatic rings. The molecular weight excluding hydrogens is 625 g/mol. The second-order valence-corrected chi connectivity index (χ2v) is 13.3. The molecule has 2 fully saturated rings. The molecule has 0 saturated heterocycles. The van der Waals surface area contributed by atoms with Crippen LogP contribution in [0.3, 0.4) is 0 Å². The number of nitrogens with zero attached hydrogens (tertiary/aromatic N) is 2. The first kappa shape index (κ1) is 41.0. The fraction of sp³-hybridized carbons (Fsp3) is 0.694. The highest BCUT2D eigenvalue weighted by Gasteiger charge is 2.36. The van der Waals surface area contributed by atoms with Gasteiger partial charge in [0.25, 0.3) is 0 Å². The minimum absolute atomic E-state index is 0.0735. The lowest BCUT2D eigenvalue weighted by atomic mass is 9.82. The molecule has 0 bridgehead atoms. The van der Waals surface area contributed by atoms with Crippen molar-refractivity contribution in [2.45, 2.75) is 101 Å². The number of hydrogen-bond acceptors (Lipinski definition) is 6. The Morgan fingerprint density at radius 2 is 1.54 bits per heavy atom. The number of nitrogens with one attached hydrogen (secondary N) is 2. The zero-order valence-corrected chi connectivity index (χ0v) is 28.5. The Balaban J connectivity index is 0.00000257. The summed E-state index contributed by atoms with van der Waals surface area (Å²) < 4.78 is 32.1. The first-order valence-electron chi connectivity index (χ1n) is 17.1. The van der Waals surface area contributed by atoms with Crippen molar-refractivity contribution in [3.05, 3.63) is 35.9 Å². The number of carbonyl (C=O) groups is 3. The van der Waals surface area contributed by atoms with Gasteiger partial charge in [-0.25, -0.2) is 13.2 Å². The summed E-state index contributed by atoms with van der Waals surface area (Å²) in [6.07, 6.45) is 12.2. The van der Waals surface area contributed by atoms with Gasteiger partial charge in [0.2, 0.25) is 24.6 Å². The Morgan fingerprint density at radius 1 is 0.917 bits per heavy atom. The van der Waals surface area contributed by atoms with Gasteiger partial charge in [0.15, 0.2) is 0 Å². The number of alkyl halides is 3. The van der Waals surface area contributed by atoms with Gasteiger partial charge >= 0.3 is 0 Å². The average Bonchev–Trinajstić information content (AvgIpc) is 3.91. The van der Waals surface area contributed by atoms with Gasteiger partial charge in [-0.05, 0) is 43.7 Å². The molecule has 4 unspecified atom stereocenters. The molecule has 48 heavy (non-hydrogen) atoms. The van der Waals surface area contributed by atoms with Gasteiger partial charge in [0, 0.05) is 33.0 Å². The minimum Gasteiger partial charge on any atom is -0.390 e. The summed E-state index contributed by atoms with van der Waals surface area (Å²) in [5, 5.41) is 27.7. The highest BCUT2D eigenvalue weighted by molar-refractivity contribution is 5.91. The van der Waals surface area contributed by atoms with E-state index in [1.807, 2.05) is 30.3 Å². The molecule has 0 aliphatic heterocycles. The van der Waals surface area contributed by atoms with E-state index in [0.29, 0.717) is 37.8 Å². The Bertz CT molecular complexity index is 1130. The number of rotatable bonds is 19. The molecule has 270 valence electrons. The molecule has 0 radical (unpaired) electrons. The van der Waals surface area contributed by atoms with Crippen LogP contribution in [0.5, 0.6) is 0 Å². The number of likely N-dealkylation sites (N-methyl/N-ethyl adjacent to an activating group) is 2. The predicted molar refractivity (Wildman–Crippen MR) is 179 cm³/mol. The summed E-state index contributed by atoms with van der Waals surface area (Å²) >= 11 is 0. The summed E-state index contributed by atoms with van der Waals surface area (Å²) in [7, 11) is 3.24. The lowest BCUT2D eigenvalue weighted by Crippen LogP contribution is -2.56. The van der Waals surface area contributed by atoms with Gasteiger partial charge in [0.05, 0.1) is 18.1 Å². The number of hydrogen-bond donors (Lipinski definition) is 4. The Kier molecular flexibility index (Phi) is 19.2. The number of aliphatic hydroxyl groups is 2. The maximum atomic E-state index is 13.7. The van der Waals surface area contributed by atoms with Crippen LogP contribution in [-0.4, -0.2) is 103 Å². The zero-order chi connectivity index (χ0) is 35.5. The number of amides is 3. The summed E-state index contributed by atoms with van der Waals surface area (Å²) in [6, 6.07) is 7.58. The van der Waals surface area contributed by atoms with Crippen LogP contribution in [0.1, 0.15) is 76.2 Å². The lowest BCUT2D eigenvalue weighted by Gasteiger charge is -2.33. The van der Waals surface area contributed by atoms with E-state index < -0.39 is 55.8 Å². The van der Waals surface area contributed by atoms with Crippen LogP contribution in [0, 0.1) is 30.1 Å². The SMILES string of the molecule is C#CC[C@H](NC(=O)C(CC(=O)N(C)CCN(C)CF)Cc1ccccc1)C(=O)NC(CC1CCCCC1)C(O)C(O)CC1CC1.FCF. The van der Waals surface area contributed by atoms with Crippen molar-refractivity contribution in [1.82, 2.24) is 20.4 Å². The van der Waals surface area contributed by atoms with E-state index in [4.69, 9.17) is 6.42 Å². The maximum absolute atomic E-state index is 13.7. The molecule has 5 atom stereocenters. The normalized spacial score (nSPS) is 17.9. The third-order valence-corrected chi connectivity index (χ3v) is 9.24. The van der Waals surface area contributed by atoms with Crippen LogP contribution in [-0.2, 0) is 20.8 Å². The second kappa shape index (κ2) is 22.5. The van der Waals surface area contributed by atoms with E-state index in [1.165, 1.54) is 16.2 Å². The molecule has 4 N–H and O–H groups in total. The van der Waals surface area contributed by atoms with Gasteiger partial charge < -0.3 is 25.7 Å². The molecule has 0 heterocycles. The molecule has 2 saturated carbocycles. The van der Waals surface area contributed by atoms with Gasteiger partial charge in [-0.2, -0.15) is 0 Å². The third kappa shape index (κ3) is 15.4. The van der Waals surface area contributed by atoms with E-state index in [-0.39, 0.29) is 25.2 Å². The zero-order valence-electron chi connectivity index (χ0n) is 28.5. The average molecular weight is 681 g/mol. The molecule has 9 nitrogen and oxygen atoms in total. The number of terminal acetylenes is 1. The van der Waals surface area contributed by atoms with Crippen LogP contribution in [0.4, 0.5) is 13.2 Å². The van der Waals surface area contributed by atoms with Crippen LogP contribution in [0.2, 0.25) is 0 Å². The highest BCUT2D eigenvalue weighted by Crippen LogP contribution is 2.35. The third-order valence-electron chi connectivity index (χ3n) is 9.24. The van der Waals surface area contributed by atoms with E-state index in [9.17, 15) is 37.8 Å². The van der Waals surface area contributed by atoms with E-state index in [0.717, 1.165) is 44.1 Å². The smallest absolute Gasteiger partial charge is 0.243 e. The number of carbonyl (C=O) groups excluding carboxylic acids is 3. The summed E-state index contributed by atoms with van der Waals surface area (Å²) in [4.78, 5) is 43.4. The van der Waals surface area contributed by atoms with Gasteiger partial charge in [0.1, 0.15) is 18.9 Å². The van der Waals surface area contributed by atoms with Gasteiger partial charge in [-0.1, -0.05) is 75.3 Å². The summed E-state index contributed by atoms with van der Waals surface area (Å²) in [6.45, 7) is -1.72. The number of halogens is 3. The number of benzene rings is 1. The standard InChI is InChI=1S/C35H53FN4O5.CH2F2/c1-4-11-29(35(45)38-30(21-26-14-9-6-10-15-26)33(43)31(41)22-27-16-17-27)37-34(44)28(20-25-12-7-5-8-13-25)23-32(42)40(3)19-18-39(2)24-36;2-1-3/h1,5,7-8,12-13,26-31,33,41,43H,6,9-11,14-24H2,2-3H3,(H,37,44)(H,38,45);1H2/t28?,29-,30?,31?,33?;/m0./s1. The minimum atomic E-state index is -1.75. The quantitative estimate of drug-likeness (QED) is 0.130. The molecule has 2 aliphatic carbocycles. The first-order valence-corrected chi connectivity index (χ1v) is 17.1.